The highest BCUT2D eigenvalue weighted by molar-refractivity contribution is 7.68. The topological polar surface area (TPSA) is 24.2 Å². The predicted octanol–water partition coefficient (Wildman–Crippen LogP) is 0.623. The zero-order valence-corrected chi connectivity index (χ0v) is 11.1. The highest BCUT2D eigenvalue weighted by Gasteiger charge is 2.09. The van der Waals surface area contributed by atoms with E-state index in [0.717, 1.165) is 16.9 Å². The highest BCUT2D eigenvalue weighted by Crippen LogP contribution is 2.26. The number of fused-ring (bicyclic) bond motifs is 1. The zero-order chi connectivity index (χ0) is 10.8. The molecule has 0 fully saturated rings. The quantitative estimate of drug-likeness (QED) is 0.474. The van der Waals surface area contributed by atoms with Crippen LogP contribution in [0.25, 0.3) is 10.6 Å². The van der Waals surface area contributed by atoms with Crippen molar-refractivity contribution in [2.24, 2.45) is 0 Å². The van der Waals surface area contributed by atoms with Gasteiger partial charge in [-0.25, -0.2) is 4.42 Å². The molecular formula is C12H8ClNOS2. The summed E-state index contributed by atoms with van der Waals surface area (Å²) < 4.78 is 10.0. The second-order valence-corrected chi connectivity index (χ2v) is 5.18. The number of hydrogen-bond acceptors (Lipinski definition) is 3. The zero-order valence-electron chi connectivity index (χ0n) is 8.67. The lowest BCUT2D eigenvalue weighted by Gasteiger charge is -1.86. The van der Waals surface area contributed by atoms with Crippen molar-refractivity contribution < 1.29 is 12.4 Å². The molecule has 2 aliphatic rings. The molecule has 0 aromatic heterocycles. The van der Waals surface area contributed by atoms with Gasteiger partial charge in [0.1, 0.15) is 0 Å². The molecule has 1 aliphatic heterocycles. The van der Waals surface area contributed by atoms with Crippen molar-refractivity contribution in [3.05, 3.63) is 58.4 Å². The van der Waals surface area contributed by atoms with Gasteiger partial charge in [0.15, 0.2) is 0 Å². The van der Waals surface area contributed by atoms with Gasteiger partial charge in [0.25, 0.3) is 0 Å². The van der Waals surface area contributed by atoms with Crippen LogP contribution in [-0.2, 0) is 0 Å². The molecule has 86 valence electrons. The fourth-order valence-corrected chi connectivity index (χ4v) is 3.20. The first-order valence-corrected chi connectivity index (χ1v) is 6.94. The highest BCUT2D eigenvalue weighted by atomic mass is 35.5. The molecule has 0 radical (unpaired) electrons. The fraction of sp³-hybridized carbons (Fsp3) is 0. The summed E-state index contributed by atoms with van der Waals surface area (Å²) in [6.45, 7) is 0. The molecule has 0 amide bonds. The largest absolute Gasteiger partial charge is 1.00 e. The van der Waals surface area contributed by atoms with E-state index in [4.69, 9.17) is 4.42 Å². The molecule has 5 heteroatoms. The summed E-state index contributed by atoms with van der Waals surface area (Å²) in [5.41, 5.74) is 1.89. The second-order valence-electron chi connectivity index (χ2n) is 3.29. The minimum atomic E-state index is 0. The number of para-hydroxylation sites is 1. The molecule has 1 aromatic rings. The standard InChI is InChI=1S/C12H8NOS2.ClH/c1-2-4-9(5-3-1)14-10-6-7-11-12(8-10)15-16-13-11;/h1-8H;1H/q+1;/p-1. The van der Waals surface area contributed by atoms with Gasteiger partial charge in [-0.05, 0) is 6.07 Å². The third-order valence-electron chi connectivity index (χ3n) is 2.17. The fourth-order valence-electron chi connectivity index (χ4n) is 1.42. The Morgan fingerprint density at radius 1 is 1.00 bits per heavy atom. The molecule has 1 aliphatic carbocycles. The average Bonchev–Trinajstić information content (AvgIpc) is 2.77. The Morgan fingerprint density at radius 3 is 2.65 bits per heavy atom. The number of nitrogens with zero attached hydrogens (tertiary/aromatic N) is 1. The van der Waals surface area contributed by atoms with Gasteiger partial charge in [-0.15, -0.1) is 0 Å². The Morgan fingerprint density at radius 2 is 1.82 bits per heavy atom. The van der Waals surface area contributed by atoms with Gasteiger partial charge < -0.3 is 12.4 Å². The first kappa shape index (κ1) is 12.2. The molecule has 0 atom stereocenters. The van der Waals surface area contributed by atoms with Crippen molar-refractivity contribution >= 4 is 20.9 Å². The first-order valence-electron chi connectivity index (χ1n) is 4.83. The molecule has 0 spiro atoms. The van der Waals surface area contributed by atoms with E-state index in [1.807, 2.05) is 48.5 Å². The van der Waals surface area contributed by atoms with E-state index in [0.29, 0.717) is 0 Å². The van der Waals surface area contributed by atoms with Crippen LogP contribution >= 0.6 is 20.9 Å². The van der Waals surface area contributed by atoms with Crippen LogP contribution in [0.5, 0.6) is 5.75 Å². The molecule has 1 heterocycles. The number of halogens is 1. The monoisotopic (exact) mass is 281 g/mol. The number of rotatable bonds is 1. The summed E-state index contributed by atoms with van der Waals surface area (Å²) in [6.07, 6.45) is 0. The molecule has 17 heavy (non-hydrogen) atoms. The molecule has 0 N–H and O–H groups in total. The van der Waals surface area contributed by atoms with E-state index in [1.165, 1.54) is 15.4 Å². The summed E-state index contributed by atoms with van der Waals surface area (Å²) in [6, 6.07) is 15.7. The lowest BCUT2D eigenvalue weighted by molar-refractivity contribution is -0.00000304. The predicted molar refractivity (Wildman–Crippen MR) is 68.8 cm³/mol. The number of hydrogen-bond donors (Lipinski definition) is 0. The van der Waals surface area contributed by atoms with Crippen LogP contribution in [0.4, 0.5) is 0 Å². The van der Waals surface area contributed by atoms with Crippen LogP contribution in [0, 0.1) is 0 Å². The van der Waals surface area contributed by atoms with Crippen molar-refractivity contribution in [1.82, 2.24) is 4.37 Å². The van der Waals surface area contributed by atoms with Gasteiger partial charge in [0.05, 0.1) is 16.6 Å². The summed E-state index contributed by atoms with van der Waals surface area (Å²) in [4.78, 5) is 1.17. The third kappa shape index (κ3) is 2.72. The van der Waals surface area contributed by atoms with Gasteiger partial charge in [0, 0.05) is 28.7 Å². The lowest BCUT2D eigenvalue weighted by Crippen LogP contribution is -3.00. The van der Waals surface area contributed by atoms with Gasteiger partial charge in [-0.1, -0.05) is 28.5 Å². The molecule has 0 saturated heterocycles. The van der Waals surface area contributed by atoms with Gasteiger partial charge in [-0.3, -0.25) is 0 Å². The van der Waals surface area contributed by atoms with Crippen LogP contribution in [0.3, 0.4) is 0 Å². The van der Waals surface area contributed by atoms with E-state index in [-0.39, 0.29) is 12.4 Å². The Hall–Kier alpha value is -1.23. The second kappa shape index (κ2) is 5.40. The molecular weight excluding hydrogens is 274 g/mol. The third-order valence-corrected chi connectivity index (χ3v) is 4.01. The van der Waals surface area contributed by atoms with Crippen molar-refractivity contribution in [1.29, 1.82) is 0 Å². The SMILES string of the molecule is [Cl-].c1ccc([O+]=c2ccc3nssc-3c2)cc1. The Labute approximate surface area is 112 Å². The minimum absolute atomic E-state index is 0. The maximum Gasteiger partial charge on any atom is 0.355 e. The summed E-state index contributed by atoms with van der Waals surface area (Å²) >= 11 is 0. The van der Waals surface area contributed by atoms with Crippen molar-refractivity contribution in [3.63, 3.8) is 0 Å². The summed E-state index contributed by atoms with van der Waals surface area (Å²) in [5, 5.41) is 0. The Bertz CT molecular complexity index is 632. The number of benzene rings is 2. The van der Waals surface area contributed by atoms with Crippen molar-refractivity contribution in [2.45, 2.75) is 0 Å². The van der Waals surface area contributed by atoms with Gasteiger partial charge in [-0.2, -0.15) is 4.37 Å². The van der Waals surface area contributed by atoms with E-state index >= 15 is 0 Å². The van der Waals surface area contributed by atoms with Crippen molar-refractivity contribution in [2.75, 3.05) is 0 Å². The van der Waals surface area contributed by atoms with Crippen LogP contribution in [0.15, 0.2) is 53.0 Å². The van der Waals surface area contributed by atoms with E-state index in [2.05, 4.69) is 4.37 Å². The maximum absolute atomic E-state index is 5.74. The summed E-state index contributed by atoms with van der Waals surface area (Å²) in [5.74, 6) is 0.857. The summed E-state index contributed by atoms with van der Waals surface area (Å²) in [7, 11) is 3.17. The van der Waals surface area contributed by atoms with Crippen LogP contribution in [0.2, 0.25) is 0 Å². The lowest BCUT2D eigenvalue weighted by atomic mass is 10.2. The molecule has 1 aromatic carbocycles. The smallest absolute Gasteiger partial charge is 0.355 e. The van der Waals surface area contributed by atoms with E-state index < -0.39 is 0 Å². The molecule has 3 rings (SSSR count). The van der Waals surface area contributed by atoms with Crippen molar-refractivity contribution in [3.8, 4) is 16.3 Å². The van der Waals surface area contributed by atoms with E-state index in [9.17, 15) is 0 Å². The Balaban J connectivity index is 0.00000108. The normalized spacial score (nSPS) is 11.4. The molecule has 0 saturated carbocycles. The van der Waals surface area contributed by atoms with Crippen LogP contribution in [-0.4, -0.2) is 4.37 Å². The first-order chi connectivity index (χ1) is 7.92. The average molecular weight is 282 g/mol. The molecule has 0 bridgehead atoms. The molecule has 0 unspecified atom stereocenters. The van der Waals surface area contributed by atoms with Gasteiger partial charge in [0.2, 0.25) is 0 Å². The molecule has 2 nitrogen and oxygen atoms in total. The van der Waals surface area contributed by atoms with E-state index in [1.54, 1.807) is 10.3 Å². The maximum atomic E-state index is 5.74. The van der Waals surface area contributed by atoms with Gasteiger partial charge >= 0.3 is 11.2 Å². The van der Waals surface area contributed by atoms with Crippen LogP contribution < -0.4 is 17.8 Å². The minimum Gasteiger partial charge on any atom is -1.00 e. The van der Waals surface area contributed by atoms with Crippen LogP contribution in [0.1, 0.15) is 0 Å². The Kier molecular flexibility index (Phi) is 3.89. The number of aromatic nitrogens is 1.